The maximum absolute atomic E-state index is 13.8. The summed E-state index contributed by atoms with van der Waals surface area (Å²) in [5.74, 6) is 0.153. The molecule has 2 aromatic carbocycles. The molecule has 0 aliphatic carbocycles. The first kappa shape index (κ1) is 18.5. The van der Waals surface area contributed by atoms with Gasteiger partial charge < -0.3 is 10.1 Å². The number of hydrogen-bond donors (Lipinski definition) is 1. The molecule has 5 heteroatoms. The fourth-order valence-electron chi connectivity index (χ4n) is 2.45. The highest BCUT2D eigenvalue weighted by Crippen LogP contribution is 2.24. The molecule has 24 heavy (non-hydrogen) atoms. The molecule has 0 aliphatic rings. The Hall–Kier alpha value is -1.88. The molecule has 128 valence electrons. The average Bonchev–Trinajstić information content (AvgIpc) is 2.49. The number of anilines is 1. The molecule has 2 rings (SSSR count). The number of carbonyl (C=O) groups excluding carboxylic acids is 1. The van der Waals surface area contributed by atoms with Gasteiger partial charge in [-0.1, -0.05) is 35.8 Å². The molecule has 0 aliphatic heterocycles. The van der Waals surface area contributed by atoms with Crippen molar-refractivity contribution < 1.29 is 13.9 Å². The average molecular weight is 394 g/mol. The van der Waals surface area contributed by atoms with Crippen LogP contribution in [0.4, 0.5) is 10.1 Å². The summed E-state index contributed by atoms with van der Waals surface area (Å²) >= 11 is 3.18. The summed E-state index contributed by atoms with van der Waals surface area (Å²) in [6.45, 7) is 7.92. The van der Waals surface area contributed by atoms with Gasteiger partial charge in [0.2, 0.25) is 0 Å². The van der Waals surface area contributed by atoms with E-state index < -0.39 is 17.8 Å². The summed E-state index contributed by atoms with van der Waals surface area (Å²) in [7, 11) is 0. The predicted molar refractivity (Wildman–Crippen MR) is 98.1 cm³/mol. The molecule has 0 bridgehead atoms. The minimum absolute atomic E-state index is 0.130. The van der Waals surface area contributed by atoms with Crippen molar-refractivity contribution in [3.63, 3.8) is 0 Å². The van der Waals surface area contributed by atoms with Gasteiger partial charge in [-0.25, -0.2) is 4.39 Å². The van der Waals surface area contributed by atoms with Crippen LogP contribution in [0.15, 0.2) is 40.9 Å². The highest BCUT2D eigenvalue weighted by molar-refractivity contribution is 9.10. The first-order valence-corrected chi connectivity index (χ1v) is 8.60. The largest absolute Gasteiger partial charge is 0.481 e. The smallest absolute Gasteiger partial charge is 0.265 e. The van der Waals surface area contributed by atoms with Gasteiger partial charge in [0, 0.05) is 4.47 Å². The fraction of sp³-hybridized carbons (Fsp3) is 0.316. The Morgan fingerprint density at radius 1 is 1.17 bits per heavy atom. The number of amides is 1. The molecule has 1 amide bonds. The van der Waals surface area contributed by atoms with Gasteiger partial charge in [-0.2, -0.15) is 0 Å². The van der Waals surface area contributed by atoms with Crippen molar-refractivity contribution in [2.75, 3.05) is 5.32 Å². The van der Waals surface area contributed by atoms with Crippen LogP contribution in [0.5, 0.6) is 5.75 Å². The lowest BCUT2D eigenvalue weighted by atomic mass is 9.98. The lowest BCUT2D eigenvalue weighted by Crippen LogP contribution is -2.30. The van der Waals surface area contributed by atoms with Crippen LogP contribution < -0.4 is 10.1 Å². The molecule has 0 aromatic heterocycles. The summed E-state index contributed by atoms with van der Waals surface area (Å²) in [5, 5.41) is 2.54. The second-order valence-electron chi connectivity index (χ2n) is 6.05. The van der Waals surface area contributed by atoms with Gasteiger partial charge in [-0.05, 0) is 61.2 Å². The van der Waals surface area contributed by atoms with E-state index in [9.17, 15) is 9.18 Å². The van der Waals surface area contributed by atoms with E-state index >= 15 is 0 Å². The molecular formula is C19H21BrFNO2. The summed E-state index contributed by atoms with van der Waals surface area (Å²) in [4.78, 5) is 12.2. The van der Waals surface area contributed by atoms with Gasteiger partial charge in [-0.3, -0.25) is 4.79 Å². The van der Waals surface area contributed by atoms with E-state index in [4.69, 9.17) is 4.74 Å². The van der Waals surface area contributed by atoms with E-state index in [0.29, 0.717) is 16.1 Å². The van der Waals surface area contributed by atoms with Crippen LogP contribution in [0.1, 0.15) is 37.8 Å². The van der Waals surface area contributed by atoms with Crippen molar-refractivity contribution in [1.82, 2.24) is 0 Å². The Morgan fingerprint density at radius 2 is 1.88 bits per heavy atom. The number of hydrogen-bond acceptors (Lipinski definition) is 2. The lowest BCUT2D eigenvalue weighted by molar-refractivity contribution is -0.122. The fourth-order valence-corrected chi connectivity index (χ4v) is 2.79. The Balaban J connectivity index is 2.05. The molecule has 0 radical (unpaired) electrons. The minimum Gasteiger partial charge on any atom is -0.481 e. The van der Waals surface area contributed by atoms with Gasteiger partial charge in [0.25, 0.3) is 5.91 Å². The van der Waals surface area contributed by atoms with Crippen molar-refractivity contribution in [2.24, 2.45) is 0 Å². The summed E-state index contributed by atoms with van der Waals surface area (Å²) in [5.41, 5.74) is 2.50. The lowest BCUT2D eigenvalue weighted by Gasteiger charge is -2.17. The van der Waals surface area contributed by atoms with Crippen molar-refractivity contribution >= 4 is 27.5 Å². The van der Waals surface area contributed by atoms with E-state index in [1.54, 1.807) is 13.0 Å². The molecule has 0 saturated carbocycles. The van der Waals surface area contributed by atoms with Crippen LogP contribution in [0.3, 0.4) is 0 Å². The van der Waals surface area contributed by atoms with Crippen LogP contribution >= 0.6 is 15.9 Å². The van der Waals surface area contributed by atoms with Crippen LogP contribution in [-0.2, 0) is 4.79 Å². The van der Waals surface area contributed by atoms with Crippen LogP contribution in [0.2, 0.25) is 0 Å². The zero-order chi connectivity index (χ0) is 17.9. The summed E-state index contributed by atoms with van der Waals surface area (Å²) in [6, 6.07) is 10.2. The maximum atomic E-state index is 13.8. The first-order chi connectivity index (χ1) is 11.3. The van der Waals surface area contributed by atoms with Gasteiger partial charge >= 0.3 is 0 Å². The number of benzene rings is 2. The first-order valence-electron chi connectivity index (χ1n) is 7.81. The molecule has 0 heterocycles. The standard InChI is InChI=1S/C19H21BrFNO2/c1-11(2)16-7-6-15(9-12(16)3)24-13(4)19(23)22-18-8-5-14(20)10-17(18)21/h5-11,13H,1-4H3,(H,22,23). The predicted octanol–water partition coefficient (Wildman–Crippen LogP) is 5.43. The number of nitrogens with one attached hydrogen (secondary N) is 1. The SMILES string of the molecule is Cc1cc(OC(C)C(=O)Nc2ccc(Br)cc2F)ccc1C(C)C. The van der Waals surface area contributed by atoms with Crippen LogP contribution in [0.25, 0.3) is 0 Å². The van der Waals surface area contributed by atoms with E-state index in [2.05, 4.69) is 35.1 Å². The molecule has 3 nitrogen and oxygen atoms in total. The normalized spacial score (nSPS) is 12.1. The second-order valence-corrected chi connectivity index (χ2v) is 6.96. The zero-order valence-electron chi connectivity index (χ0n) is 14.2. The number of rotatable bonds is 5. The highest BCUT2D eigenvalue weighted by atomic mass is 79.9. The number of halogens is 2. The summed E-state index contributed by atoms with van der Waals surface area (Å²) < 4.78 is 20.1. The van der Waals surface area contributed by atoms with Crippen molar-refractivity contribution in [3.05, 3.63) is 57.8 Å². The molecule has 0 spiro atoms. The topological polar surface area (TPSA) is 38.3 Å². The van der Waals surface area contributed by atoms with Crippen LogP contribution in [-0.4, -0.2) is 12.0 Å². The molecule has 1 atom stereocenters. The van der Waals surface area contributed by atoms with Gasteiger partial charge in [-0.15, -0.1) is 0 Å². The monoisotopic (exact) mass is 393 g/mol. The number of ether oxygens (including phenoxy) is 1. The molecule has 0 fully saturated rings. The molecule has 1 N–H and O–H groups in total. The Morgan fingerprint density at radius 3 is 2.46 bits per heavy atom. The minimum atomic E-state index is -0.739. The van der Waals surface area contributed by atoms with Gasteiger partial charge in [0.1, 0.15) is 11.6 Å². The molecule has 2 aromatic rings. The second kappa shape index (κ2) is 7.79. The Kier molecular flexibility index (Phi) is 5.99. The van der Waals surface area contributed by atoms with E-state index in [1.807, 2.05) is 25.1 Å². The van der Waals surface area contributed by atoms with E-state index in [1.165, 1.54) is 17.7 Å². The van der Waals surface area contributed by atoms with Crippen molar-refractivity contribution in [2.45, 2.75) is 39.7 Å². The Labute approximate surface area is 150 Å². The quantitative estimate of drug-likeness (QED) is 0.735. The summed E-state index contributed by atoms with van der Waals surface area (Å²) in [6.07, 6.45) is -0.739. The third kappa shape index (κ3) is 4.57. The van der Waals surface area contributed by atoms with Crippen molar-refractivity contribution in [3.8, 4) is 5.75 Å². The molecule has 1 unspecified atom stereocenters. The van der Waals surface area contributed by atoms with Gasteiger partial charge in [0.15, 0.2) is 6.10 Å². The van der Waals surface area contributed by atoms with E-state index in [0.717, 1.165) is 5.56 Å². The van der Waals surface area contributed by atoms with Crippen LogP contribution in [0, 0.1) is 12.7 Å². The van der Waals surface area contributed by atoms with Gasteiger partial charge in [0.05, 0.1) is 5.69 Å². The molecular weight excluding hydrogens is 373 g/mol. The van der Waals surface area contributed by atoms with Crippen molar-refractivity contribution in [1.29, 1.82) is 0 Å². The number of aryl methyl sites for hydroxylation is 1. The number of carbonyl (C=O) groups is 1. The third-order valence-electron chi connectivity index (χ3n) is 3.73. The maximum Gasteiger partial charge on any atom is 0.265 e. The van der Waals surface area contributed by atoms with E-state index in [-0.39, 0.29) is 5.69 Å². The molecule has 0 saturated heterocycles. The third-order valence-corrected chi connectivity index (χ3v) is 4.23. The highest BCUT2D eigenvalue weighted by Gasteiger charge is 2.17. The Bertz CT molecular complexity index is 746. The zero-order valence-corrected chi connectivity index (χ0v) is 15.8.